The molecule has 1 heterocycles. The number of carbonyl (C=O) groups is 3. The van der Waals surface area contributed by atoms with Crippen molar-refractivity contribution in [1.82, 2.24) is 10.2 Å². The quantitative estimate of drug-likeness (QED) is 0.555. The SMILES string of the molecule is NC(=O)C[C@@H](NC(=O)N1CCCS(=O)(=O)CC1)C(=O)O. The Morgan fingerprint density at radius 3 is 2.45 bits per heavy atom. The van der Waals surface area contributed by atoms with Crippen LogP contribution in [0, 0.1) is 0 Å². The molecule has 0 aromatic carbocycles. The molecule has 3 amide bonds. The zero-order valence-corrected chi connectivity index (χ0v) is 11.6. The van der Waals surface area contributed by atoms with E-state index < -0.39 is 40.2 Å². The predicted molar refractivity (Wildman–Crippen MR) is 68.6 cm³/mol. The second-order valence-electron chi connectivity index (χ2n) is 4.50. The first-order valence-electron chi connectivity index (χ1n) is 5.98. The van der Waals surface area contributed by atoms with Gasteiger partial charge in [-0.05, 0) is 6.42 Å². The van der Waals surface area contributed by atoms with Crippen LogP contribution in [-0.2, 0) is 19.4 Å². The molecule has 0 aliphatic carbocycles. The molecule has 9 nitrogen and oxygen atoms in total. The number of urea groups is 1. The van der Waals surface area contributed by atoms with Crippen molar-refractivity contribution < 1.29 is 27.9 Å². The van der Waals surface area contributed by atoms with Crippen LogP contribution in [0.4, 0.5) is 4.79 Å². The monoisotopic (exact) mass is 307 g/mol. The van der Waals surface area contributed by atoms with Crippen LogP contribution in [0.5, 0.6) is 0 Å². The van der Waals surface area contributed by atoms with Gasteiger partial charge in [0.25, 0.3) is 0 Å². The zero-order chi connectivity index (χ0) is 15.3. The number of carbonyl (C=O) groups excluding carboxylic acids is 2. The first-order valence-corrected chi connectivity index (χ1v) is 7.80. The van der Waals surface area contributed by atoms with Gasteiger partial charge in [-0.1, -0.05) is 0 Å². The van der Waals surface area contributed by atoms with E-state index in [1.807, 2.05) is 0 Å². The van der Waals surface area contributed by atoms with Crippen LogP contribution in [-0.4, -0.2) is 67.0 Å². The van der Waals surface area contributed by atoms with Crippen LogP contribution in [0.15, 0.2) is 0 Å². The number of nitrogens with two attached hydrogens (primary N) is 1. The van der Waals surface area contributed by atoms with Crippen molar-refractivity contribution in [3.63, 3.8) is 0 Å². The van der Waals surface area contributed by atoms with Gasteiger partial charge in [-0.15, -0.1) is 0 Å². The van der Waals surface area contributed by atoms with Gasteiger partial charge in [-0.3, -0.25) is 4.79 Å². The highest BCUT2D eigenvalue weighted by atomic mass is 32.2. The normalized spacial score (nSPS) is 19.7. The van der Waals surface area contributed by atoms with Gasteiger partial charge < -0.3 is 21.1 Å². The molecule has 1 aliphatic heterocycles. The van der Waals surface area contributed by atoms with Crippen LogP contribution >= 0.6 is 0 Å². The third-order valence-electron chi connectivity index (χ3n) is 2.84. The number of nitrogens with one attached hydrogen (secondary N) is 1. The highest BCUT2D eigenvalue weighted by Gasteiger charge is 2.27. The Morgan fingerprint density at radius 1 is 1.25 bits per heavy atom. The maximum absolute atomic E-state index is 11.9. The summed E-state index contributed by atoms with van der Waals surface area (Å²) >= 11 is 0. The second-order valence-corrected chi connectivity index (χ2v) is 6.81. The van der Waals surface area contributed by atoms with Crippen LogP contribution in [0.2, 0.25) is 0 Å². The Balaban J connectivity index is 2.64. The highest BCUT2D eigenvalue weighted by Crippen LogP contribution is 2.06. The molecule has 1 fully saturated rings. The van der Waals surface area contributed by atoms with E-state index in [9.17, 15) is 22.8 Å². The molecule has 0 aromatic heterocycles. The summed E-state index contributed by atoms with van der Waals surface area (Å²) in [4.78, 5) is 34.7. The third-order valence-corrected chi connectivity index (χ3v) is 4.56. The molecular formula is C10H17N3O6S. The summed E-state index contributed by atoms with van der Waals surface area (Å²) in [7, 11) is -3.16. The van der Waals surface area contributed by atoms with Gasteiger partial charge in [0.1, 0.15) is 6.04 Å². The maximum atomic E-state index is 11.9. The Bertz CT molecular complexity index is 503. The predicted octanol–water partition coefficient (Wildman–Crippen LogP) is -1.85. The molecule has 20 heavy (non-hydrogen) atoms. The van der Waals surface area contributed by atoms with Crippen LogP contribution in [0.3, 0.4) is 0 Å². The molecule has 1 aliphatic rings. The van der Waals surface area contributed by atoms with E-state index in [1.165, 1.54) is 4.90 Å². The Hall–Kier alpha value is -1.84. The highest BCUT2D eigenvalue weighted by molar-refractivity contribution is 7.91. The van der Waals surface area contributed by atoms with Crippen molar-refractivity contribution in [2.75, 3.05) is 24.6 Å². The van der Waals surface area contributed by atoms with Gasteiger partial charge in [0.2, 0.25) is 5.91 Å². The fraction of sp³-hybridized carbons (Fsp3) is 0.700. The minimum Gasteiger partial charge on any atom is -0.480 e. The molecular weight excluding hydrogens is 290 g/mol. The molecule has 0 unspecified atom stereocenters. The number of sulfone groups is 1. The van der Waals surface area contributed by atoms with Gasteiger partial charge in [0.15, 0.2) is 9.84 Å². The van der Waals surface area contributed by atoms with E-state index in [-0.39, 0.29) is 24.6 Å². The smallest absolute Gasteiger partial charge is 0.326 e. The summed E-state index contributed by atoms with van der Waals surface area (Å²) in [6.45, 7) is 0.213. The molecule has 10 heteroatoms. The zero-order valence-electron chi connectivity index (χ0n) is 10.7. The summed E-state index contributed by atoms with van der Waals surface area (Å²) in [5, 5.41) is 11.0. The number of rotatable bonds is 4. The molecule has 0 bridgehead atoms. The maximum Gasteiger partial charge on any atom is 0.326 e. The lowest BCUT2D eigenvalue weighted by atomic mass is 10.2. The first kappa shape index (κ1) is 16.2. The number of nitrogens with zero attached hydrogens (tertiary/aromatic N) is 1. The van der Waals surface area contributed by atoms with Gasteiger partial charge in [0, 0.05) is 13.1 Å². The molecule has 0 aromatic rings. The van der Waals surface area contributed by atoms with Gasteiger partial charge in [-0.25, -0.2) is 18.0 Å². The van der Waals surface area contributed by atoms with E-state index in [1.54, 1.807) is 0 Å². The van der Waals surface area contributed by atoms with E-state index in [0.717, 1.165) is 0 Å². The minimum atomic E-state index is -3.16. The summed E-state index contributed by atoms with van der Waals surface area (Å²) < 4.78 is 22.8. The van der Waals surface area contributed by atoms with Crippen molar-refractivity contribution in [3.8, 4) is 0 Å². The molecule has 0 radical (unpaired) electrons. The molecule has 4 N–H and O–H groups in total. The van der Waals surface area contributed by atoms with E-state index in [0.29, 0.717) is 6.42 Å². The third kappa shape index (κ3) is 5.03. The van der Waals surface area contributed by atoms with Crippen molar-refractivity contribution in [3.05, 3.63) is 0 Å². The summed E-state index contributed by atoms with van der Waals surface area (Å²) in [5.41, 5.74) is 4.90. The number of aliphatic carboxylic acids is 1. The molecule has 0 saturated carbocycles. The number of hydrogen-bond donors (Lipinski definition) is 3. The fourth-order valence-electron chi connectivity index (χ4n) is 1.78. The fourth-order valence-corrected chi connectivity index (χ4v) is 3.05. The first-order chi connectivity index (χ1) is 9.21. The number of primary amides is 1. The van der Waals surface area contributed by atoms with Crippen molar-refractivity contribution >= 4 is 27.7 Å². The second kappa shape index (κ2) is 6.55. The van der Waals surface area contributed by atoms with Gasteiger partial charge in [0.05, 0.1) is 17.9 Å². The minimum absolute atomic E-state index is 0.000422. The summed E-state index contributed by atoms with van der Waals surface area (Å²) in [6, 6.07) is -2.13. The lowest BCUT2D eigenvalue weighted by Gasteiger charge is -2.22. The molecule has 1 saturated heterocycles. The van der Waals surface area contributed by atoms with E-state index in [2.05, 4.69) is 5.32 Å². The molecule has 1 rings (SSSR count). The average Bonchev–Trinajstić information content (AvgIpc) is 2.48. The summed E-state index contributed by atoms with van der Waals surface area (Å²) in [5.74, 6) is -2.38. The van der Waals surface area contributed by atoms with Gasteiger partial charge >= 0.3 is 12.0 Å². The lowest BCUT2D eigenvalue weighted by molar-refractivity contribution is -0.140. The number of carboxylic acids is 1. The Morgan fingerprint density at radius 2 is 1.90 bits per heavy atom. The molecule has 0 spiro atoms. The van der Waals surface area contributed by atoms with E-state index >= 15 is 0 Å². The number of carboxylic acid groups (broad SMARTS) is 1. The van der Waals surface area contributed by atoms with Crippen LogP contribution < -0.4 is 11.1 Å². The van der Waals surface area contributed by atoms with Crippen molar-refractivity contribution in [2.24, 2.45) is 5.73 Å². The molecule has 114 valence electrons. The Labute approximate surface area is 116 Å². The number of hydrogen-bond acceptors (Lipinski definition) is 5. The number of amides is 3. The largest absolute Gasteiger partial charge is 0.480 e. The van der Waals surface area contributed by atoms with Crippen LogP contribution in [0.25, 0.3) is 0 Å². The Kier molecular flexibility index (Phi) is 5.31. The average molecular weight is 307 g/mol. The lowest BCUT2D eigenvalue weighted by Crippen LogP contribution is -2.49. The van der Waals surface area contributed by atoms with Crippen molar-refractivity contribution in [1.29, 1.82) is 0 Å². The standard InChI is InChI=1S/C10H17N3O6S/c11-8(14)6-7(9(15)16)12-10(17)13-2-1-4-20(18,19)5-3-13/h7H,1-6H2,(H2,11,14)(H,12,17)(H,15,16)/t7-/m1/s1. The van der Waals surface area contributed by atoms with Gasteiger partial charge in [-0.2, -0.15) is 0 Å². The van der Waals surface area contributed by atoms with E-state index in [4.69, 9.17) is 10.8 Å². The van der Waals surface area contributed by atoms with Crippen molar-refractivity contribution in [2.45, 2.75) is 18.9 Å². The molecule has 1 atom stereocenters. The summed E-state index contributed by atoms with van der Waals surface area (Å²) in [6.07, 6.45) is -0.226. The topological polar surface area (TPSA) is 147 Å². The van der Waals surface area contributed by atoms with Crippen LogP contribution in [0.1, 0.15) is 12.8 Å².